The first-order chi connectivity index (χ1) is 7.52. The number of fused-ring (bicyclic) bond motifs is 1. The molecule has 2 nitrogen and oxygen atoms in total. The van der Waals surface area contributed by atoms with E-state index in [4.69, 9.17) is 0 Å². The molecule has 1 atom stereocenters. The molecular formula is C12H18F2N2. The number of alkyl halides is 2. The van der Waals surface area contributed by atoms with Gasteiger partial charge in [0.1, 0.15) is 5.69 Å². The van der Waals surface area contributed by atoms with Gasteiger partial charge in [0.25, 0.3) is 6.43 Å². The van der Waals surface area contributed by atoms with Gasteiger partial charge in [-0.1, -0.05) is 6.92 Å². The molecule has 90 valence electrons. The van der Waals surface area contributed by atoms with E-state index < -0.39 is 6.43 Å². The monoisotopic (exact) mass is 228 g/mol. The van der Waals surface area contributed by atoms with E-state index in [0.29, 0.717) is 5.92 Å². The van der Waals surface area contributed by atoms with Crippen molar-refractivity contribution in [1.29, 1.82) is 0 Å². The number of rotatable bonds is 2. The first kappa shape index (κ1) is 11.6. The van der Waals surface area contributed by atoms with Crippen LogP contribution in [0.4, 0.5) is 8.78 Å². The molecule has 1 aliphatic carbocycles. The number of nitrogens with zero attached hydrogens (tertiary/aromatic N) is 2. The molecule has 0 aromatic carbocycles. The summed E-state index contributed by atoms with van der Waals surface area (Å²) >= 11 is 0. The lowest BCUT2D eigenvalue weighted by Gasteiger charge is -2.22. The molecule has 0 aliphatic heterocycles. The smallest absolute Gasteiger partial charge is 0.266 e. The fraction of sp³-hybridized carbons (Fsp3) is 0.750. The summed E-state index contributed by atoms with van der Waals surface area (Å²) in [4.78, 5) is 0. The zero-order chi connectivity index (χ0) is 11.9. The molecule has 0 bridgehead atoms. The molecule has 2 rings (SSSR count). The van der Waals surface area contributed by atoms with Gasteiger partial charge in [-0.3, -0.25) is 4.68 Å². The van der Waals surface area contributed by atoms with E-state index in [1.54, 1.807) is 4.68 Å². The summed E-state index contributed by atoms with van der Waals surface area (Å²) in [6.07, 6.45) is 0.386. The molecular weight excluding hydrogens is 210 g/mol. The Morgan fingerprint density at radius 3 is 2.62 bits per heavy atom. The van der Waals surface area contributed by atoms with E-state index in [0.717, 1.165) is 30.5 Å². The maximum Gasteiger partial charge on any atom is 0.282 e. The molecule has 0 radical (unpaired) electrons. The Kier molecular flexibility index (Phi) is 3.00. The fourth-order valence-corrected chi connectivity index (χ4v) is 2.57. The van der Waals surface area contributed by atoms with Crippen molar-refractivity contribution in [2.45, 2.75) is 58.4 Å². The van der Waals surface area contributed by atoms with Crippen molar-refractivity contribution in [1.82, 2.24) is 9.78 Å². The zero-order valence-corrected chi connectivity index (χ0v) is 10.0. The zero-order valence-electron chi connectivity index (χ0n) is 10.0. The maximum atomic E-state index is 12.9. The quantitative estimate of drug-likeness (QED) is 0.752. The van der Waals surface area contributed by atoms with E-state index in [9.17, 15) is 8.78 Å². The average Bonchev–Trinajstić information content (AvgIpc) is 2.58. The molecule has 0 amide bonds. The van der Waals surface area contributed by atoms with Crippen molar-refractivity contribution in [3.63, 3.8) is 0 Å². The van der Waals surface area contributed by atoms with Gasteiger partial charge in [0.05, 0.1) is 0 Å². The lowest BCUT2D eigenvalue weighted by Crippen LogP contribution is -2.14. The summed E-state index contributed by atoms with van der Waals surface area (Å²) in [6, 6.07) is 0.154. The predicted molar refractivity (Wildman–Crippen MR) is 58.9 cm³/mol. The van der Waals surface area contributed by atoms with E-state index in [1.165, 1.54) is 0 Å². The van der Waals surface area contributed by atoms with Gasteiger partial charge in [0.15, 0.2) is 0 Å². The summed E-state index contributed by atoms with van der Waals surface area (Å²) in [6.45, 7) is 6.08. The second-order valence-corrected chi connectivity index (χ2v) is 4.88. The minimum absolute atomic E-state index is 0.00949. The molecule has 0 fully saturated rings. The third-order valence-electron chi connectivity index (χ3n) is 3.31. The van der Waals surface area contributed by atoms with Crippen molar-refractivity contribution in [3.05, 3.63) is 17.0 Å². The lowest BCUT2D eigenvalue weighted by atomic mass is 9.87. The number of hydrogen-bond acceptors (Lipinski definition) is 1. The number of halogens is 2. The highest BCUT2D eigenvalue weighted by Gasteiger charge is 2.29. The van der Waals surface area contributed by atoms with E-state index >= 15 is 0 Å². The van der Waals surface area contributed by atoms with Gasteiger partial charge in [-0.15, -0.1) is 0 Å². The third kappa shape index (κ3) is 1.74. The van der Waals surface area contributed by atoms with Crippen LogP contribution in [0.5, 0.6) is 0 Å². The first-order valence-electron chi connectivity index (χ1n) is 5.91. The largest absolute Gasteiger partial charge is 0.282 e. The Morgan fingerprint density at radius 2 is 2.06 bits per heavy atom. The molecule has 0 spiro atoms. The van der Waals surface area contributed by atoms with Crippen LogP contribution in [-0.4, -0.2) is 9.78 Å². The Labute approximate surface area is 94.6 Å². The third-order valence-corrected chi connectivity index (χ3v) is 3.31. The summed E-state index contributed by atoms with van der Waals surface area (Å²) < 4.78 is 27.6. The topological polar surface area (TPSA) is 17.8 Å². The minimum Gasteiger partial charge on any atom is -0.266 e. The van der Waals surface area contributed by atoms with Crippen molar-refractivity contribution in [2.75, 3.05) is 0 Å². The molecule has 1 unspecified atom stereocenters. The Hall–Kier alpha value is -0.930. The summed E-state index contributed by atoms with van der Waals surface area (Å²) in [5, 5.41) is 4.11. The summed E-state index contributed by atoms with van der Waals surface area (Å²) in [7, 11) is 0. The normalized spacial score (nSPS) is 20.6. The lowest BCUT2D eigenvalue weighted by molar-refractivity contribution is 0.143. The van der Waals surface area contributed by atoms with Gasteiger partial charge >= 0.3 is 0 Å². The number of aromatic nitrogens is 2. The molecule has 1 aromatic rings. The van der Waals surface area contributed by atoms with Crippen molar-refractivity contribution < 1.29 is 8.78 Å². The molecule has 0 saturated heterocycles. The highest BCUT2D eigenvalue weighted by atomic mass is 19.3. The minimum atomic E-state index is -2.45. The van der Waals surface area contributed by atoms with Crippen molar-refractivity contribution in [3.8, 4) is 0 Å². The van der Waals surface area contributed by atoms with Gasteiger partial charge in [0, 0.05) is 17.3 Å². The maximum absolute atomic E-state index is 12.9. The van der Waals surface area contributed by atoms with E-state index in [-0.39, 0.29) is 11.7 Å². The van der Waals surface area contributed by atoms with Crippen LogP contribution in [0.1, 0.15) is 68.9 Å². The van der Waals surface area contributed by atoms with Gasteiger partial charge in [-0.2, -0.15) is 5.10 Å². The van der Waals surface area contributed by atoms with Crippen LogP contribution in [0, 0.1) is 0 Å². The fourth-order valence-electron chi connectivity index (χ4n) is 2.57. The summed E-state index contributed by atoms with van der Waals surface area (Å²) in [5.74, 6) is 0.353. The Morgan fingerprint density at radius 1 is 1.38 bits per heavy atom. The molecule has 1 aromatic heterocycles. The molecule has 1 heterocycles. The van der Waals surface area contributed by atoms with Crippen LogP contribution in [0.15, 0.2) is 0 Å². The van der Waals surface area contributed by atoms with Crippen LogP contribution < -0.4 is 0 Å². The summed E-state index contributed by atoms with van der Waals surface area (Å²) in [5.41, 5.74) is 1.86. The molecule has 0 saturated carbocycles. The van der Waals surface area contributed by atoms with Crippen LogP contribution in [0.3, 0.4) is 0 Å². The van der Waals surface area contributed by atoms with Gasteiger partial charge in [-0.05, 0) is 39.0 Å². The van der Waals surface area contributed by atoms with Crippen LogP contribution in [-0.2, 0) is 6.42 Å². The molecule has 16 heavy (non-hydrogen) atoms. The van der Waals surface area contributed by atoms with E-state index in [1.807, 2.05) is 13.8 Å². The Bertz CT molecular complexity index is 383. The second-order valence-electron chi connectivity index (χ2n) is 4.88. The SMILES string of the molecule is CC1CCCc2c(C(F)F)nn(C(C)C)c21. The second kappa shape index (κ2) is 4.15. The van der Waals surface area contributed by atoms with Crippen LogP contribution in [0.25, 0.3) is 0 Å². The van der Waals surface area contributed by atoms with Gasteiger partial charge in [-0.25, -0.2) is 8.78 Å². The highest BCUT2D eigenvalue weighted by Crippen LogP contribution is 2.37. The van der Waals surface area contributed by atoms with Gasteiger partial charge < -0.3 is 0 Å². The van der Waals surface area contributed by atoms with Crippen LogP contribution >= 0.6 is 0 Å². The highest BCUT2D eigenvalue weighted by molar-refractivity contribution is 5.32. The molecule has 1 aliphatic rings. The van der Waals surface area contributed by atoms with Gasteiger partial charge in [0.2, 0.25) is 0 Å². The van der Waals surface area contributed by atoms with E-state index in [2.05, 4.69) is 12.0 Å². The number of hydrogen-bond donors (Lipinski definition) is 0. The molecule has 0 N–H and O–H groups in total. The van der Waals surface area contributed by atoms with Crippen molar-refractivity contribution >= 4 is 0 Å². The Balaban J connectivity index is 2.56. The predicted octanol–water partition coefficient (Wildman–Crippen LogP) is 3.84. The van der Waals surface area contributed by atoms with Crippen molar-refractivity contribution in [2.24, 2.45) is 0 Å². The van der Waals surface area contributed by atoms with Crippen LogP contribution in [0.2, 0.25) is 0 Å². The molecule has 4 heteroatoms. The standard InChI is InChI=1S/C12H18F2N2/c1-7(2)16-11-8(3)5-4-6-9(11)10(15-16)12(13)14/h7-8,12H,4-6H2,1-3H3. The average molecular weight is 228 g/mol. The first-order valence-corrected chi connectivity index (χ1v) is 5.91.